The van der Waals surface area contributed by atoms with Crippen molar-refractivity contribution in [3.05, 3.63) is 84.2 Å². The molecule has 6 nitrogen and oxygen atoms in total. The van der Waals surface area contributed by atoms with Crippen LogP contribution in [0.1, 0.15) is 11.1 Å². The van der Waals surface area contributed by atoms with Crippen molar-refractivity contribution in [2.24, 2.45) is 0 Å². The predicted molar refractivity (Wildman–Crippen MR) is 134 cm³/mol. The van der Waals surface area contributed by atoms with Crippen LogP contribution in [0.5, 0.6) is 0 Å². The van der Waals surface area contributed by atoms with Crippen molar-refractivity contribution in [2.45, 2.75) is 6.92 Å². The number of benzene rings is 3. The summed E-state index contributed by atoms with van der Waals surface area (Å²) >= 11 is 0. The highest BCUT2D eigenvalue weighted by Crippen LogP contribution is 2.30. The Labute approximate surface area is 193 Å². The Kier molecular flexibility index (Phi) is 7.69. The number of ether oxygens (including phenoxy) is 1. The van der Waals surface area contributed by atoms with Crippen molar-refractivity contribution in [2.75, 3.05) is 43.6 Å². The third kappa shape index (κ3) is 6.57. The minimum atomic E-state index is -0.501. The molecule has 0 atom stereocenters. The van der Waals surface area contributed by atoms with Crippen LogP contribution < -0.4 is 16.4 Å². The highest BCUT2D eigenvalue weighted by molar-refractivity contribution is 5.87. The number of nitrogen functional groups attached to an aromatic ring is 1. The summed E-state index contributed by atoms with van der Waals surface area (Å²) in [5.41, 5.74) is 11.6. The molecular formula is C26H29FN4O2. The molecular weight excluding hydrogens is 419 g/mol. The summed E-state index contributed by atoms with van der Waals surface area (Å²) in [7, 11) is 3.82. The van der Waals surface area contributed by atoms with E-state index in [4.69, 9.17) is 10.5 Å². The Morgan fingerprint density at radius 3 is 2.36 bits per heavy atom. The van der Waals surface area contributed by atoms with E-state index in [0.717, 1.165) is 16.7 Å². The molecule has 0 unspecified atom stereocenters. The second-order valence-corrected chi connectivity index (χ2v) is 8.01. The monoisotopic (exact) mass is 448 g/mol. The molecule has 0 spiro atoms. The Hall–Kier alpha value is -3.84. The molecule has 3 rings (SSSR count). The predicted octanol–water partition coefficient (Wildman–Crippen LogP) is 5.58. The zero-order valence-electron chi connectivity index (χ0n) is 19.1. The maximum atomic E-state index is 14.0. The van der Waals surface area contributed by atoms with Gasteiger partial charge in [-0.05, 0) is 73.6 Å². The average molecular weight is 449 g/mol. The molecule has 7 heteroatoms. The highest BCUT2D eigenvalue weighted by Gasteiger charge is 2.09. The number of carbonyl (C=O) groups excluding carboxylic acids is 1. The van der Waals surface area contributed by atoms with Gasteiger partial charge >= 0.3 is 6.09 Å². The number of likely N-dealkylation sites (N-methyl/N-ethyl adjacent to an activating group) is 1. The van der Waals surface area contributed by atoms with Crippen molar-refractivity contribution in [3.63, 3.8) is 0 Å². The lowest BCUT2D eigenvalue weighted by molar-refractivity contribution is 0.151. The number of rotatable bonds is 8. The van der Waals surface area contributed by atoms with Crippen LogP contribution in [-0.2, 0) is 4.74 Å². The van der Waals surface area contributed by atoms with Crippen LogP contribution >= 0.6 is 0 Å². The molecule has 4 N–H and O–H groups in total. The van der Waals surface area contributed by atoms with Crippen LogP contribution in [0, 0.1) is 12.7 Å². The molecule has 0 radical (unpaired) electrons. The van der Waals surface area contributed by atoms with Crippen LogP contribution in [0.2, 0.25) is 0 Å². The van der Waals surface area contributed by atoms with Gasteiger partial charge in [-0.25, -0.2) is 9.18 Å². The number of hydrogen-bond acceptors (Lipinski definition) is 5. The van der Waals surface area contributed by atoms with Crippen LogP contribution in [0.25, 0.3) is 16.8 Å². The number of amides is 1. The fraction of sp³-hybridized carbons (Fsp3) is 0.192. The van der Waals surface area contributed by atoms with Crippen LogP contribution in [0.15, 0.2) is 67.2 Å². The number of halogens is 1. The number of hydrogen-bond donors (Lipinski definition) is 3. The van der Waals surface area contributed by atoms with Gasteiger partial charge in [0.1, 0.15) is 12.4 Å². The Morgan fingerprint density at radius 1 is 1.03 bits per heavy atom. The van der Waals surface area contributed by atoms with Crippen molar-refractivity contribution in [1.29, 1.82) is 0 Å². The van der Waals surface area contributed by atoms with Gasteiger partial charge in [0.05, 0.1) is 11.4 Å². The van der Waals surface area contributed by atoms with E-state index in [1.54, 1.807) is 31.2 Å². The van der Waals surface area contributed by atoms with E-state index in [0.29, 0.717) is 41.5 Å². The molecule has 0 fully saturated rings. The minimum absolute atomic E-state index is 0.251. The lowest BCUT2D eigenvalue weighted by Gasteiger charge is -2.15. The smallest absolute Gasteiger partial charge is 0.411 e. The zero-order chi connectivity index (χ0) is 24.0. The first kappa shape index (κ1) is 23.8. The van der Waals surface area contributed by atoms with Crippen LogP contribution in [-0.4, -0.2) is 38.2 Å². The summed E-state index contributed by atoms with van der Waals surface area (Å²) in [4.78, 5) is 13.8. The van der Waals surface area contributed by atoms with Gasteiger partial charge in [-0.2, -0.15) is 0 Å². The third-order valence-corrected chi connectivity index (χ3v) is 5.10. The average Bonchev–Trinajstić information content (AvgIpc) is 2.77. The van der Waals surface area contributed by atoms with Gasteiger partial charge in [0.15, 0.2) is 0 Å². The molecule has 172 valence electrons. The van der Waals surface area contributed by atoms with Gasteiger partial charge in [-0.3, -0.25) is 5.32 Å². The SMILES string of the molecule is C=C(Nc1cc(-c2ccc(C)c(F)c2)ccc1N)c1ccc(NC(=O)OCCN(C)C)cc1. The first-order chi connectivity index (χ1) is 15.7. The quantitative estimate of drug-likeness (QED) is 0.392. The van der Waals surface area contributed by atoms with E-state index < -0.39 is 6.09 Å². The lowest BCUT2D eigenvalue weighted by atomic mass is 10.0. The summed E-state index contributed by atoms with van der Waals surface area (Å²) in [6.07, 6.45) is -0.501. The first-order valence-corrected chi connectivity index (χ1v) is 10.5. The van der Waals surface area contributed by atoms with E-state index in [9.17, 15) is 9.18 Å². The van der Waals surface area contributed by atoms with Gasteiger partial charge in [0, 0.05) is 17.9 Å². The Morgan fingerprint density at radius 2 is 1.70 bits per heavy atom. The van der Waals surface area contributed by atoms with Crippen molar-refractivity contribution in [1.82, 2.24) is 4.90 Å². The van der Waals surface area contributed by atoms with E-state index in [1.165, 1.54) is 6.07 Å². The second-order valence-electron chi connectivity index (χ2n) is 8.01. The van der Waals surface area contributed by atoms with Crippen molar-refractivity contribution >= 4 is 28.9 Å². The highest BCUT2D eigenvalue weighted by atomic mass is 19.1. The third-order valence-electron chi connectivity index (χ3n) is 5.10. The van der Waals surface area contributed by atoms with E-state index in [1.807, 2.05) is 49.3 Å². The fourth-order valence-corrected chi connectivity index (χ4v) is 3.08. The Balaban J connectivity index is 1.66. The molecule has 1 amide bonds. The molecule has 0 aliphatic rings. The van der Waals surface area contributed by atoms with Gasteiger partial charge in [0.25, 0.3) is 0 Å². The van der Waals surface area contributed by atoms with Crippen LogP contribution in [0.3, 0.4) is 0 Å². The molecule has 0 bridgehead atoms. The molecule has 0 saturated heterocycles. The summed E-state index contributed by atoms with van der Waals surface area (Å²) in [6.45, 7) is 6.79. The minimum Gasteiger partial charge on any atom is -0.448 e. The molecule has 3 aromatic rings. The lowest BCUT2D eigenvalue weighted by Crippen LogP contribution is -2.22. The first-order valence-electron chi connectivity index (χ1n) is 10.5. The van der Waals surface area contributed by atoms with E-state index in [2.05, 4.69) is 17.2 Å². The van der Waals surface area contributed by atoms with Gasteiger partial charge < -0.3 is 20.7 Å². The molecule has 0 heterocycles. The van der Waals surface area contributed by atoms with Gasteiger partial charge in [-0.1, -0.05) is 36.9 Å². The molecule has 0 aromatic heterocycles. The summed E-state index contributed by atoms with van der Waals surface area (Å²) in [5.74, 6) is -0.251. The molecule has 3 aromatic carbocycles. The summed E-state index contributed by atoms with van der Waals surface area (Å²) < 4.78 is 19.1. The van der Waals surface area contributed by atoms with E-state index >= 15 is 0 Å². The topological polar surface area (TPSA) is 79.6 Å². The number of carbonyl (C=O) groups is 1. The summed E-state index contributed by atoms with van der Waals surface area (Å²) in [5, 5.41) is 5.93. The Bertz CT molecular complexity index is 1140. The van der Waals surface area contributed by atoms with E-state index in [-0.39, 0.29) is 5.82 Å². The normalized spacial score (nSPS) is 10.7. The molecule has 0 aliphatic heterocycles. The number of aryl methyl sites for hydroxylation is 1. The second kappa shape index (κ2) is 10.7. The van der Waals surface area contributed by atoms with Crippen molar-refractivity contribution in [3.8, 4) is 11.1 Å². The van der Waals surface area contributed by atoms with Crippen LogP contribution in [0.4, 0.5) is 26.2 Å². The molecule has 33 heavy (non-hydrogen) atoms. The fourth-order valence-electron chi connectivity index (χ4n) is 3.08. The number of nitrogens with one attached hydrogen (secondary N) is 2. The zero-order valence-corrected chi connectivity index (χ0v) is 19.1. The largest absolute Gasteiger partial charge is 0.448 e. The molecule has 0 aliphatic carbocycles. The molecule has 0 saturated carbocycles. The summed E-state index contributed by atoms with van der Waals surface area (Å²) in [6, 6.07) is 17.8. The van der Waals surface area contributed by atoms with Gasteiger partial charge in [0.2, 0.25) is 0 Å². The van der Waals surface area contributed by atoms with Gasteiger partial charge in [-0.15, -0.1) is 0 Å². The number of anilines is 3. The number of nitrogens with zero attached hydrogens (tertiary/aromatic N) is 1. The standard InChI is InChI=1S/C26H29FN4O2/c1-17-5-6-20(15-23(17)27)21-9-12-24(28)25(16-21)29-18(2)19-7-10-22(11-8-19)30-26(32)33-14-13-31(3)4/h5-12,15-16,29H,2,13-14,28H2,1,3-4H3,(H,30,32). The van der Waals surface area contributed by atoms with Crippen molar-refractivity contribution < 1.29 is 13.9 Å². The maximum Gasteiger partial charge on any atom is 0.411 e. The number of nitrogens with two attached hydrogens (primary N) is 1. The maximum absolute atomic E-state index is 14.0.